The van der Waals surface area contributed by atoms with Crippen molar-refractivity contribution in [2.75, 3.05) is 6.61 Å². The predicted octanol–water partition coefficient (Wildman–Crippen LogP) is 9.47. The second-order valence-corrected chi connectivity index (χ2v) is 16.9. The minimum atomic E-state index is -2.05. The molecule has 3 heterocycles. The number of aliphatic hydroxyl groups excluding tert-OH is 1. The van der Waals surface area contributed by atoms with Crippen LogP contribution in [0.2, 0.25) is 0 Å². The molecule has 2 aromatic rings. The van der Waals surface area contributed by atoms with Gasteiger partial charge in [0.2, 0.25) is 0 Å². The first kappa shape index (κ1) is 34.5. The van der Waals surface area contributed by atoms with Gasteiger partial charge in [0.1, 0.15) is 0 Å². The van der Waals surface area contributed by atoms with Crippen LogP contribution in [0.1, 0.15) is 148 Å². The number of unbranched alkanes of at least 4 members (excludes halogenated alkanes) is 3. The van der Waals surface area contributed by atoms with E-state index in [1.165, 1.54) is 22.3 Å². The Morgan fingerprint density at radius 1 is 0.721 bits per heavy atom. The Morgan fingerprint density at radius 2 is 1.28 bits per heavy atom. The van der Waals surface area contributed by atoms with E-state index in [0.29, 0.717) is 6.42 Å². The van der Waals surface area contributed by atoms with Crippen molar-refractivity contribution in [2.45, 2.75) is 154 Å². The Bertz CT molecular complexity index is 1240. The van der Waals surface area contributed by atoms with Crippen molar-refractivity contribution in [2.24, 2.45) is 0 Å². The lowest BCUT2D eigenvalue weighted by Gasteiger charge is -2.53. The molecular weight excluding hydrogens is 555 g/mol. The van der Waals surface area contributed by atoms with Crippen molar-refractivity contribution in [1.29, 1.82) is 0 Å². The van der Waals surface area contributed by atoms with Crippen LogP contribution in [0.5, 0.6) is 0 Å². The predicted molar refractivity (Wildman–Crippen MR) is 177 cm³/mol. The van der Waals surface area contributed by atoms with Gasteiger partial charge in [0.05, 0.1) is 12.0 Å². The van der Waals surface area contributed by atoms with Crippen molar-refractivity contribution in [3.63, 3.8) is 0 Å². The van der Waals surface area contributed by atoms with Crippen molar-refractivity contribution in [3.8, 4) is 0 Å². The standard InChI is InChI=1S/C37H57O5P/c1-12-14-18-22-35(28-21-17-16-20-26(28)19-15-13-2,36(25-38)37(39)41-43(40-36)42-37)31-29(33(6,7)8)23-27(32(3,4)5)24-30(31)34(9,10)11/h16-17,20-21,23-24,38-39H,12-15,18-19,22,25H2,1-11H3. The fourth-order valence-corrected chi connectivity index (χ4v) is 8.46. The number of aliphatic hydroxyl groups is 2. The number of hydrogen-bond acceptors (Lipinski definition) is 5. The van der Waals surface area contributed by atoms with Gasteiger partial charge in [0.25, 0.3) is 0 Å². The van der Waals surface area contributed by atoms with Gasteiger partial charge in [-0.1, -0.05) is 138 Å². The summed E-state index contributed by atoms with van der Waals surface area (Å²) in [6, 6.07) is 13.4. The quantitative estimate of drug-likeness (QED) is 0.195. The highest BCUT2D eigenvalue weighted by Gasteiger charge is 2.81. The van der Waals surface area contributed by atoms with Crippen LogP contribution in [0.15, 0.2) is 36.4 Å². The third-order valence-electron chi connectivity index (χ3n) is 9.53. The van der Waals surface area contributed by atoms with Gasteiger partial charge in [-0.25, -0.2) is 0 Å². The molecule has 0 aliphatic carbocycles. The van der Waals surface area contributed by atoms with E-state index in [1.807, 2.05) is 0 Å². The van der Waals surface area contributed by atoms with E-state index in [4.69, 9.17) is 13.6 Å². The summed E-state index contributed by atoms with van der Waals surface area (Å²) in [5, 5.41) is 23.7. The second kappa shape index (κ2) is 12.1. The number of rotatable bonds is 11. The Kier molecular flexibility index (Phi) is 9.74. The first-order valence-electron chi connectivity index (χ1n) is 16.4. The number of benzene rings is 2. The van der Waals surface area contributed by atoms with E-state index in [9.17, 15) is 10.2 Å². The van der Waals surface area contributed by atoms with Gasteiger partial charge in [-0.15, -0.1) is 0 Å². The summed E-state index contributed by atoms with van der Waals surface area (Å²) in [6.07, 6.45) is 6.64. The number of fused-ring (bicyclic) bond motifs is 1. The summed E-state index contributed by atoms with van der Waals surface area (Å²) >= 11 is 0. The average Bonchev–Trinajstić information content (AvgIpc) is 3.36. The lowest BCUT2D eigenvalue weighted by Crippen LogP contribution is -2.68. The zero-order chi connectivity index (χ0) is 32.1. The van der Waals surface area contributed by atoms with Gasteiger partial charge in [-0.2, -0.15) is 0 Å². The SMILES string of the molecule is CCCCCC(c1ccccc1CCCC)(c1c(C(C)(C)C)cc(C(C)(C)C)cc1C(C)(C)C)C1(CO)OP2OC1(O)O2. The average molecular weight is 613 g/mol. The Labute approximate surface area is 262 Å². The highest BCUT2D eigenvalue weighted by molar-refractivity contribution is 7.43. The summed E-state index contributed by atoms with van der Waals surface area (Å²) in [5.74, 6) is -2.05. The van der Waals surface area contributed by atoms with Crippen LogP contribution in [0.4, 0.5) is 0 Å². The molecular formula is C37H57O5P. The number of aryl methyl sites for hydroxylation is 1. The molecule has 3 fully saturated rings. The Balaban J connectivity index is 2.30. The van der Waals surface area contributed by atoms with Crippen molar-refractivity contribution < 1.29 is 23.8 Å². The molecule has 2 unspecified atom stereocenters. The lowest BCUT2D eigenvalue weighted by molar-refractivity contribution is -0.358. The van der Waals surface area contributed by atoms with Crippen molar-refractivity contribution in [3.05, 3.63) is 69.8 Å². The Morgan fingerprint density at radius 3 is 1.72 bits per heavy atom. The first-order chi connectivity index (χ1) is 19.9. The minimum absolute atomic E-state index is 0.0732. The number of hydrogen-bond donors (Lipinski definition) is 2. The molecule has 0 amide bonds. The highest BCUT2D eigenvalue weighted by atomic mass is 31.2. The molecule has 0 radical (unpaired) electrons. The molecule has 240 valence electrons. The molecule has 0 aromatic heterocycles. The summed E-state index contributed by atoms with van der Waals surface area (Å²) < 4.78 is 18.6. The second-order valence-electron chi connectivity index (χ2n) is 15.9. The summed E-state index contributed by atoms with van der Waals surface area (Å²) in [5.41, 5.74) is 4.06. The van der Waals surface area contributed by atoms with E-state index in [0.717, 1.165) is 49.7 Å². The van der Waals surface area contributed by atoms with Gasteiger partial charge >= 0.3 is 14.6 Å². The molecule has 5 rings (SSSR count). The maximum atomic E-state index is 12.1. The molecule has 5 nitrogen and oxygen atoms in total. The van der Waals surface area contributed by atoms with Gasteiger partial charge in [0, 0.05) is 0 Å². The third kappa shape index (κ3) is 5.88. The van der Waals surface area contributed by atoms with Crippen LogP contribution < -0.4 is 0 Å². The van der Waals surface area contributed by atoms with E-state index in [-0.39, 0.29) is 16.2 Å². The van der Waals surface area contributed by atoms with Crippen LogP contribution in [-0.4, -0.2) is 28.4 Å². The minimum Gasteiger partial charge on any atom is -0.393 e. The molecule has 2 bridgehead atoms. The van der Waals surface area contributed by atoms with E-state index >= 15 is 0 Å². The highest BCUT2D eigenvalue weighted by Crippen LogP contribution is 2.76. The zero-order valence-corrected chi connectivity index (χ0v) is 29.6. The molecule has 2 N–H and O–H groups in total. The van der Waals surface area contributed by atoms with Gasteiger partial charge in [0.15, 0.2) is 5.60 Å². The molecule has 2 atom stereocenters. The molecule has 0 saturated carbocycles. The monoisotopic (exact) mass is 612 g/mol. The molecule has 3 saturated heterocycles. The largest absolute Gasteiger partial charge is 0.393 e. The summed E-state index contributed by atoms with van der Waals surface area (Å²) in [6.45, 7) is 24.5. The van der Waals surface area contributed by atoms with E-state index in [1.54, 1.807) is 0 Å². The first-order valence-corrected chi connectivity index (χ1v) is 17.5. The lowest BCUT2D eigenvalue weighted by atomic mass is 9.53. The smallest absolute Gasteiger partial charge is 0.342 e. The van der Waals surface area contributed by atoms with Gasteiger partial charge in [-0.05, 0) is 68.9 Å². The molecule has 3 aliphatic heterocycles. The maximum Gasteiger partial charge on any atom is 0.342 e. The topological polar surface area (TPSA) is 68.2 Å². The molecule has 43 heavy (non-hydrogen) atoms. The molecule has 2 aromatic carbocycles. The van der Waals surface area contributed by atoms with Gasteiger partial charge < -0.3 is 10.2 Å². The molecule has 3 aliphatic rings. The normalized spacial score (nSPS) is 25.5. The molecule has 6 heteroatoms. The fourth-order valence-electron chi connectivity index (χ4n) is 7.09. The maximum absolute atomic E-state index is 12.1. The van der Waals surface area contributed by atoms with Crippen LogP contribution in [-0.2, 0) is 41.7 Å². The van der Waals surface area contributed by atoms with Crippen LogP contribution in [0.3, 0.4) is 0 Å². The fraction of sp³-hybridized carbons (Fsp3) is 0.676. The zero-order valence-electron chi connectivity index (χ0n) is 28.7. The van der Waals surface area contributed by atoms with Crippen LogP contribution in [0.25, 0.3) is 0 Å². The third-order valence-corrected chi connectivity index (χ3v) is 10.8. The summed E-state index contributed by atoms with van der Waals surface area (Å²) in [4.78, 5) is 0. The van der Waals surface area contributed by atoms with E-state index in [2.05, 4.69) is 113 Å². The molecule has 0 spiro atoms. The van der Waals surface area contributed by atoms with Crippen LogP contribution >= 0.6 is 8.60 Å². The van der Waals surface area contributed by atoms with Crippen molar-refractivity contribution >= 4 is 8.60 Å². The van der Waals surface area contributed by atoms with E-state index < -0.39 is 32.2 Å². The van der Waals surface area contributed by atoms with Crippen LogP contribution in [0, 0.1) is 0 Å². The summed E-state index contributed by atoms with van der Waals surface area (Å²) in [7, 11) is -1.76. The Hall–Kier alpha value is -1.33. The van der Waals surface area contributed by atoms with Gasteiger partial charge in [-0.3, -0.25) is 13.6 Å². The van der Waals surface area contributed by atoms with Crippen molar-refractivity contribution in [1.82, 2.24) is 0 Å².